The molecule has 0 saturated carbocycles. The Labute approximate surface area is 198 Å². The van der Waals surface area contributed by atoms with E-state index in [0.29, 0.717) is 27.2 Å². The summed E-state index contributed by atoms with van der Waals surface area (Å²) in [7, 11) is 0. The first kappa shape index (κ1) is 22.6. The fourth-order valence-electron chi connectivity index (χ4n) is 3.12. The summed E-state index contributed by atoms with van der Waals surface area (Å²) in [6.07, 6.45) is 0.187. The van der Waals surface area contributed by atoms with Crippen LogP contribution < -0.4 is 5.32 Å². The average molecular weight is 484 g/mol. The number of benzene rings is 2. The van der Waals surface area contributed by atoms with E-state index in [2.05, 4.69) is 15.3 Å². The van der Waals surface area contributed by atoms with Gasteiger partial charge in [-0.25, -0.2) is 19.2 Å². The molecular formula is C24H16Cl2FN3O3. The zero-order valence-electron chi connectivity index (χ0n) is 17.2. The highest BCUT2D eigenvalue weighted by Gasteiger charge is 2.22. The monoisotopic (exact) mass is 483 g/mol. The third kappa shape index (κ3) is 5.10. The first-order valence-electron chi connectivity index (χ1n) is 9.80. The second kappa shape index (κ2) is 9.52. The minimum atomic E-state index is -1.15. The predicted octanol–water partition coefficient (Wildman–Crippen LogP) is 5.93. The summed E-state index contributed by atoms with van der Waals surface area (Å²) >= 11 is 11.8. The van der Waals surface area contributed by atoms with Gasteiger partial charge in [-0.15, -0.1) is 0 Å². The van der Waals surface area contributed by atoms with E-state index in [0.717, 1.165) is 0 Å². The predicted molar refractivity (Wildman–Crippen MR) is 125 cm³/mol. The Morgan fingerprint density at radius 1 is 1.06 bits per heavy atom. The number of pyridine rings is 2. The van der Waals surface area contributed by atoms with Crippen LogP contribution in [0.15, 0.2) is 66.9 Å². The molecule has 2 heterocycles. The molecule has 2 aromatic carbocycles. The number of anilines is 1. The zero-order valence-corrected chi connectivity index (χ0v) is 18.7. The Morgan fingerprint density at radius 3 is 2.52 bits per heavy atom. The van der Waals surface area contributed by atoms with Crippen LogP contribution >= 0.6 is 23.2 Å². The van der Waals surface area contributed by atoms with Crippen molar-refractivity contribution in [1.29, 1.82) is 0 Å². The van der Waals surface area contributed by atoms with Gasteiger partial charge in [0.1, 0.15) is 5.82 Å². The number of fused-ring (bicyclic) bond motifs is 1. The lowest BCUT2D eigenvalue weighted by Gasteiger charge is -2.15. The first-order valence-corrected chi connectivity index (χ1v) is 10.6. The summed E-state index contributed by atoms with van der Waals surface area (Å²) in [4.78, 5) is 34.1. The van der Waals surface area contributed by atoms with E-state index in [1.807, 2.05) is 0 Å². The molecule has 0 aliphatic rings. The number of amides is 1. The molecule has 0 fully saturated rings. The standard InChI is InChI=1S/C24H16Cl2FN3O3/c1-13(23(31)30-22-19(26)10-15(25)12-28-22)33-24(32)18-11-21(14-6-8-16(27)9-7-14)29-20-5-3-2-4-17(18)20/h2-13H,1H3,(H,28,30,31). The molecule has 4 aromatic rings. The summed E-state index contributed by atoms with van der Waals surface area (Å²) in [5, 5.41) is 3.54. The largest absolute Gasteiger partial charge is 0.449 e. The van der Waals surface area contributed by atoms with Crippen LogP contribution in [0.25, 0.3) is 22.2 Å². The average Bonchev–Trinajstić information content (AvgIpc) is 2.80. The fourth-order valence-corrected chi connectivity index (χ4v) is 3.54. The Bertz CT molecular complexity index is 1360. The molecule has 0 saturated heterocycles. The van der Waals surface area contributed by atoms with E-state index >= 15 is 0 Å². The van der Waals surface area contributed by atoms with Crippen LogP contribution in [0.2, 0.25) is 10.0 Å². The molecule has 4 rings (SSSR count). The molecule has 0 bridgehead atoms. The number of nitrogens with zero attached hydrogens (tertiary/aromatic N) is 2. The SMILES string of the molecule is CC(OC(=O)c1cc(-c2ccc(F)cc2)nc2ccccc12)C(=O)Nc1ncc(Cl)cc1Cl. The Balaban J connectivity index is 1.60. The number of rotatable bonds is 5. The van der Waals surface area contributed by atoms with Crippen molar-refractivity contribution in [3.05, 3.63) is 88.3 Å². The van der Waals surface area contributed by atoms with E-state index in [9.17, 15) is 14.0 Å². The summed E-state index contributed by atoms with van der Waals surface area (Å²) in [5.74, 6) is -1.61. The quantitative estimate of drug-likeness (QED) is 0.356. The summed E-state index contributed by atoms with van der Waals surface area (Å²) in [6, 6.07) is 15.8. The number of carbonyl (C=O) groups is 2. The number of carbonyl (C=O) groups excluding carboxylic acids is 2. The Morgan fingerprint density at radius 2 is 1.79 bits per heavy atom. The smallest absolute Gasteiger partial charge is 0.339 e. The molecule has 33 heavy (non-hydrogen) atoms. The second-order valence-electron chi connectivity index (χ2n) is 7.10. The number of nitrogens with one attached hydrogen (secondary N) is 1. The number of para-hydroxylation sites is 1. The van der Waals surface area contributed by atoms with Gasteiger partial charge in [0.05, 0.1) is 26.8 Å². The van der Waals surface area contributed by atoms with Gasteiger partial charge in [0, 0.05) is 17.1 Å². The lowest BCUT2D eigenvalue weighted by atomic mass is 10.0. The van der Waals surface area contributed by atoms with Crippen molar-refractivity contribution in [2.75, 3.05) is 5.32 Å². The van der Waals surface area contributed by atoms with Gasteiger partial charge in [0.2, 0.25) is 0 Å². The molecule has 0 aliphatic heterocycles. The lowest BCUT2D eigenvalue weighted by Crippen LogP contribution is -2.30. The van der Waals surface area contributed by atoms with Crippen molar-refractivity contribution in [1.82, 2.24) is 9.97 Å². The van der Waals surface area contributed by atoms with Crippen molar-refractivity contribution in [3.8, 4) is 11.3 Å². The fraction of sp³-hybridized carbons (Fsp3) is 0.0833. The van der Waals surface area contributed by atoms with Crippen LogP contribution in [0, 0.1) is 5.82 Å². The molecule has 1 N–H and O–H groups in total. The van der Waals surface area contributed by atoms with Gasteiger partial charge in [-0.1, -0.05) is 41.4 Å². The second-order valence-corrected chi connectivity index (χ2v) is 7.94. The van der Waals surface area contributed by atoms with Gasteiger partial charge in [-0.05, 0) is 49.4 Å². The van der Waals surface area contributed by atoms with Gasteiger partial charge >= 0.3 is 5.97 Å². The maximum atomic E-state index is 13.3. The Kier molecular flexibility index (Phi) is 6.53. The number of halogens is 3. The van der Waals surface area contributed by atoms with Crippen LogP contribution in [-0.4, -0.2) is 27.9 Å². The minimum Gasteiger partial charge on any atom is -0.449 e. The molecule has 0 spiro atoms. The molecule has 1 atom stereocenters. The topological polar surface area (TPSA) is 81.2 Å². The van der Waals surface area contributed by atoms with E-state index in [1.54, 1.807) is 42.5 Å². The van der Waals surface area contributed by atoms with Gasteiger partial charge in [0.25, 0.3) is 5.91 Å². The normalized spacial score (nSPS) is 11.8. The van der Waals surface area contributed by atoms with E-state index < -0.39 is 18.0 Å². The van der Waals surface area contributed by atoms with Crippen molar-refractivity contribution in [3.63, 3.8) is 0 Å². The maximum absolute atomic E-state index is 13.3. The molecule has 0 radical (unpaired) electrons. The van der Waals surface area contributed by atoms with Crippen molar-refractivity contribution in [2.24, 2.45) is 0 Å². The van der Waals surface area contributed by atoms with E-state index in [-0.39, 0.29) is 22.2 Å². The van der Waals surface area contributed by atoms with Crippen LogP contribution in [0.5, 0.6) is 0 Å². The van der Waals surface area contributed by atoms with Gasteiger partial charge in [-0.2, -0.15) is 0 Å². The van der Waals surface area contributed by atoms with Crippen LogP contribution in [0.1, 0.15) is 17.3 Å². The van der Waals surface area contributed by atoms with Crippen LogP contribution in [-0.2, 0) is 9.53 Å². The zero-order chi connectivity index (χ0) is 23.5. The molecular weight excluding hydrogens is 468 g/mol. The van der Waals surface area contributed by atoms with E-state index in [1.165, 1.54) is 31.3 Å². The third-order valence-corrected chi connectivity index (χ3v) is 5.27. The summed E-state index contributed by atoms with van der Waals surface area (Å²) in [6.45, 7) is 1.43. The molecule has 2 aromatic heterocycles. The minimum absolute atomic E-state index is 0.0990. The number of hydrogen-bond acceptors (Lipinski definition) is 5. The Hall–Kier alpha value is -3.55. The molecule has 166 valence electrons. The molecule has 1 amide bonds. The molecule has 1 unspecified atom stereocenters. The molecule has 9 heteroatoms. The highest BCUT2D eigenvalue weighted by Crippen LogP contribution is 2.26. The van der Waals surface area contributed by atoms with Crippen molar-refractivity contribution < 1.29 is 18.7 Å². The van der Waals surface area contributed by atoms with Crippen molar-refractivity contribution >= 4 is 51.8 Å². The highest BCUT2D eigenvalue weighted by molar-refractivity contribution is 6.36. The number of esters is 1. The lowest BCUT2D eigenvalue weighted by molar-refractivity contribution is -0.123. The number of hydrogen-bond donors (Lipinski definition) is 1. The van der Waals surface area contributed by atoms with Crippen LogP contribution in [0.4, 0.5) is 10.2 Å². The van der Waals surface area contributed by atoms with Crippen molar-refractivity contribution in [2.45, 2.75) is 13.0 Å². The maximum Gasteiger partial charge on any atom is 0.339 e. The van der Waals surface area contributed by atoms with Gasteiger partial charge in [-0.3, -0.25) is 4.79 Å². The number of aromatic nitrogens is 2. The summed E-state index contributed by atoms with van der Waals surface area (Å²) < 4.78 is 18.7. The van der Waals surface area contributed by atoms with Gasteiger partial charge in [0.15, 0.2) is 11.9 Å². The first-order chi connectivity index (χ1) is 15.8. The van der Waals surface area contributed by atoms with Gasteiger partial charge < -0.3 is 10.1 Å². The number of ether oxygens (including phenoxy) is 1. The van der Waals surface area contributed by atoms with E-state index in [4.69, 9.17) is 27.9 Å². The van der Waals surface area contributed by atoms with Crippen LogP contribution in [0.3, 0.4) is 0 Å². The summed E-state index contributed by atoms with van der Waals surface area (Å²) in [5.41, 5.74) is 1.88. The third-order valence-electron chi connectivity index (χ3n) is 4.78. The molecule has 6 nitrogen and oxygen atoms in total. The molecule has 0 aliphatic carbocycles. The highest BCUT2D eigenvalue weighted by atomic mass is 35.5.